The molecule has 0 bridgehead atoms. The van der Waals surface area contributed by atoms with Crippen LogP contribution in [-0.4, -0.2) is 59.5 Å². The maximum Gasteiger partial charge on any atom is 0.264 e. The number of rotatable bonds is 4. The number of nitrogens with zero attached hydrogens (tertiary/aromatic N) is 2. The smallest absolute Gasteiger partial charge is 0.264 e. The molecule has 0 radical (unpaired) electrons. The van der Waals surface area contributed by atoms with Crippen molar-refractivity contribution in [2.75, 3.05) is 26.7 Å². The zero-order chi connectivity index (χ0) is 13.8. The van der Waals surface area contributed by atoms with E-state index in [9.17, 15) is 14.7 Å². The van der Waals surface area contributed by atoms with Gasteiger partial charge in [0.15, 0.2) is 0 Å². The lowest BCUT2D eigenvalue weighted by atomic mass is 10.2. The number of carbonyl (C=O) groups is 2. The Hall–Kier alpha value is -1.40. The predicted molar refractivity (Wildman–Crippen MR) is 73.1 cm³/mol. The lowest BCUT2D eigenvalue weighted by Crippen LogP contribution is -2.44. The number of likely N-dealkylation sites (N-methyl/N-ethyl adjacent to an activating group) is 1. The highest BCUT2D eigenvalue weighted by molar-refractivity contribution is 7.12. The van der Waals surface area contributed by atoms with Crippen LogP contribution in [0.1, 0.15) is 22.5 Å². The van der Waals surface area contributed by atoms with Crippen LogP contribution >= 0.6 is 11.3 Å². The molecule has 1 N–H and O–H groups in total. The molecule has 0 aliphatic carbocycles. The summed E-state index contributed by atoms with van der Waals surface area (Å²) in [6, 6.07) is 3.48. The van der Waals surface area contributed by atoms with E-state index >= 15 is 0 Å². The Labute approximate surface area is 116 Å². The molecule has 1 aliphatic rings. The third kappa shape index (κ3) is 3.13. The van der Waals surface area contributed by atoms with Gasteiger partial charge in [0.05, 0.1) is 24.1 Å². The van der Waals surface area contributed by atoms with Crippen molar-refractivity contribution in [1.29, 1.82) is 0 Å². The van der Waals surface area contributed by atoms with Crippen molar-refractivity contribution in [2.45, 2.75) is 18.9 Å². The first kappa shape index (κ1) is 14.0. The summed E-state index contributed by atoms with van der Waals surface area (Å²) in [5.74, 6) is -0.230. The second-order valence-corrected chi connectivity index (χ2v) is 5.65. The molecule has 1 saturated heterocycles. The number of aliphatic hydroxyl groups excluding tert-OH is 1. The van der Waals surface area contributed by atoms with Gasteiger partial charge in [-0.25, -0.2) is 0 Å². The quantitative estimate of drug-likeness (QED) is 0.888. The molecule has 19 heavy (non-hydrogen) atoms. The Morgan fingerprint density at radius 3 is 3.00 bits per heavy atom. The standard InChI is InChI=1S/C13H18N2O3S/c1-14(13(18)11-5-3-7-19-11)8-12(17)15-6-2-4-10(15)9-16/h3,5,7,10,16H,2,4,6,8-9H2,1H3/t10-/m1/s1. The van der Waals surface area contributed by atoms with Gasteiger partial charge < -0.3 is 14.9 Å². The summed E-state index contributed by atoms with van der Waals surface area (Å²) < 4.78 is 0. The van der Waals surface area contributed by atoms with Crippen molar-refractivity contribution >= 4 is 23.2 Å². The van der Waals surface area contributed by atoms with Crippen molar-refractivity contribution in [3.8, 4) is 0 Å². The average Bonchev–Trinajstić information content (AvgIpc) is 3.08. The number of carbonyl (C=O) groups excluding carboxylic acids is 2. The summed E-state index contributed by atoms with van der Waals surface area (Å²) in [5.41, 5.74) is 0. The van der Waals surface area contributed by atoms with Crippen LogP contribution in [0.2, 0.25) is 0 Å². The maximum absolute atomic E-state index is 12.1. The van der Waals surface area contributed by atoms with Gasteiger partial charge >= 0.3 is 0 Å². The molecule has 2 amide bonds. The Morgan fingerprint density at radius 2 is 2.37 bits per heavy atom. The van der Waals surface area contributed by atoms with E-state index < -0.39 is 0 Å². The van der Waals surface area contributed by atoms with Gasteiger partial charge in [0.2, 0.25) is 5.91 Å². The number of likely N-dealkylation sites (tertiary alicyclic amines) is 1. The van der Waals surface area contributed by atoms with Crippen molar-refractivity contribution in [2.24, 2.45) is 0 Å². The summed E-state index contributed by atoms with van der Waals surface area (Å²) in [6.45, 7) is 0.729. The number of hydrogen-bond acceptors (Lipinski definition) is 4. The van der Waals surface area contributed by atoms with Crippen molar-refractivity contribution in [3.63, 3.8) is 0 Å². The van der Waals surface area contributed by atoms with Crippen molar-refractivity contribution < 1.29 is 14.7 Å². The maximum atomic E-state index is 12.1. The van der Waals surface area contributed by atoms with E-state index in [0.29, 0.717) is 11.4 Å². The average molecular weight is 282 g/mol. The molecule has 1 aromatic heterocycles. The number of aliphatic hydroxyl groups is 1. The Kier molecular flexibility index (Phi) is 4.55. The van der Waals surface area contributed by atoms with Gasteiger partial charge in [-0.2, -0.15) is 0 Å². The van der Waals surface area contributed by atoms with Crippen LogP contribution in [-0.2, 0) is 4.79 Å². The topological polar surface area (TPSA) is 60.9 Å². The van der Waals surface area contributed by atoms with Gasteiger partial charge in [0.25, 0.3) is 5.91 Å². The predicted octanol–water partition coefficient (Wildman–Crippen LogP) is 0.803. The third-order valence-electron chi connectivity index (χ3n) is 3.36. The van der Waals surface area contributed by atoms with E-state index in [0.717, 1.165) is 12.8 Å². The third-order valence-corrected chi connectivity index (χ3v) is 4.22. The summed E-state index contributed by atoms with van der Waals surface area (Å²) in [6.07, 6.45) is 1.75. The zero-order valence-electron chi connectivity index (χ0n) is 10.9. The van der Waals surface area contributed by atoms with Crippen LogP contribution < -0.4 is 0 Å². The molecular formula is C13H18N2O3S. The number of amides is 2. The molecule has 0 saturated carbocycles. The van der Waals surface area contributed by atoms with Crippen molar-refractivity contribution in [1.82, 2.24) is 9.80 Å². The molecule has 6 heteroatoms. The summed E-state index contributed by atoms with van der Waals surface area (Å²) in [5, 5.41) is 11.0. The largest absolute Gasteiger partial charge is 0.394 e. The molecule has 0 unspecified atom stereocenters. The molecule has 2 heterocycles. The van der Waals surface area contributed by atoms with E-state index in [4.69, 9.17) is 0 Å². The number of hydrogen-bond donors (Lipinski definition) is 1. The highest BCUT2D eigenvalue weighted by atomic mass is 32.1. The zero-order valence-corrected chi connectivity index (χ0v) is 11.7. The molecule has 2 rings (SSSR count). The fraction of sp³-hybridized carbons (Fsp3) is 0.538. The molecule has 104 valence electrons. The summed E-state index contributed by atoms with van der Waals surface area (Å²) in [7, 11) is 1.63. The van der Waals surface area contributed by atoms with Crippen LogP contribution in [0.5, 0.6) is 0 Å². The van der Waals surface area contributed by atoms with Crippen molar-refractivity contribution in [3.05, 3.63) is 22.4 Å². The second-order valence-electron chi connectivity index (χ2n) is 4.70. The van der Waals surface area contributed by atoms with Crippen LogP contribution in [0.3, 0.4) is 0 Å². The van der Waals surface area contributed by atoms with Crippen LogP contribution in [0.4, 0.5) is 0 Å². The monoisotopic (exact) mass is 282 g/mol. The first-order valence-corrected chi connectivity index (χ1v) is 7.20. The lowest BCUT2D eigenvalue weighted by Gasteiger charge is -2.25. The normalized spacial score (nSPS) is 18.6. The molecule has 5 nitrogen and oxygen atoms in total. The SMILES string of the molecule is CN(CC(=O)N1CCC[C@@H]1CO)C(=O)c1cccs1. The second kappa shape index (κ2) is 6.16. The van der Waals surface area contributed by atoms with Crippen LogP contribution in [0.25, 0.3) is 0 Å². The Morgan fingerprint density at radius 1 is 1.58 bits per heavy atom. The first-order valence-electron chi connectivity index (χ1n) is 6.32. The van der Waals surface area contributed by atoms with Crippen LogP contribution in [0, 0.1) is 0 Å². The molecule has 0 spiro atoms. The van der Waals surface area contributed by atoms with Gasteiger partial charge in [-0.05, 0) is 24.3 Å². The molecule has 1 atom stereocenters. The highest BCUT2D eigenvalue weighted by Gasteiger charge is 2.29. The van der Waals surface area contributed by atoms with Gasteiger partial charge in [0, 0.05) is 13.6 Å². The van der Waals surface area contributed by atoms with E-state index in [1.165, 1.54) is 16.2 Å². The van der Waals surface area contributed by atoms with Gasteiger partial charge in [0.1, 0.15) is 0 Å². The Bertz CT molecular complexity index is 447. The van der Waals surface area contributed by atoms with Gasteiger partial charge in [-0.15, -0.1) is 11.3 Å². The molecule has 0 aromatic carbocycles. The highest BCUT2D eigenvalue weighted by Crippen LogP contribution is 2.17. The van der Waals surface area contributed by atoms with E-state index in [1.807, 2.05) is 11.4 Å². The minimum absolute atomic E-state index is 0.00563. The van der Waals surface area contributed by atoms with Gasteiger partial charge in [-0.3, -0.25) is 9.59 Å². The number of thiophene rings is 1. The summed E-state index contributed by atoms with van der Waals surface area (Å²) in [4.78, 5) is 27.9. The van der Waals surface area contributed by atoms with Gasteiger partial charge in [-0.1, -0.05) is 6.07 Å². The minimum atomic E-state index is -0.136. The lowest BCUT2D eigenvalue weighted by molar-refractivity contribution is -0.133. The van der Waals surface area contributed by atoms with E-state index in [-0.39, 0.29) is 31.0 Å². The van der Waals surface area contributed by atoms with E-state index in [1.54, 1.807) is 18.0 Å². The Balaban J connectivity index is 1.93. The molecule has 1 aromatic rings. The molecule has 1 fully saturated rings. The van der Waals surface area contributed by atoms with E-state index in [2.05, 4.69) is 0 Å². The van der Waals surface area contributed by atoms with Crippen LogP contribution in [0.15, 0.2) is 17.5 Å². The summed E-state index contributed by atoms with van der Waals surface area (Å²) >= 11 is 1.37. The first-order chi connectivity index (χ1) is 9.13. The fourth-order valence-corrected chi connectivity index (χ4v) is 3.03. The molecular weight excluding hydrogens is 264 g/mol. The minimum Gasteiger partial charge on any atom is -0.394 e. The molecule has 1 aliphatic heterocycles. The fourth-order valence-electron chi connectivity index (χ4n) is 2.31.